The van der Waals surface area contributed by atoms with Crippen LogP contribution in [0.15, 0.2) is 9.32 Å². The molecule has 0 unspecified atom stereocenters. The summed E-state index contributed by atoms with van der Waals surface area (Å²) in [6.07, 6.45) is -0.762. The lowest BCUT2D eigenvalue weighted by Crippen LogP contribution is -2.08. The number of aromatic amines is 1. The van der Waals surface area contributed by atoms with Gasteiger partial charge in [0.1, 0.15) is 5.76 Å². The monoisotopic (exact) mass is 143 g/mol. The van der Waals surface area contributed by atoms with Gasteiger partial charge in [-0.25, -0.2) is 0 Å². The predicted molar refractivity (Wildman–Crippen MR) is 34.7 cm³/mol. The van der Waals surface area contributed by atoms with E-state index in [9.17, 15) is 4.79 Å². The Morgan fingerprint density at radius 3 is 2.50 bits per heavy atom. The maximum absolute atomic E-state index is 10.8. The summed E-state index contributed by atoms with van der Waals surface area (Å²) in [5.41, 5.74) is -0.0486. The van der Waals surface area contributed by atoms with E-state index in [2.05, 4.69) is 9.68 Å². The summed E-state index contributed by atoms with van der Waals surface area (Å²) in [7, 11) is 0. The minimum atomic E-state index is -0.762. The zero-order valence-electron chi connectivity index (χ0n) is 5.84. The first-order chi connectivity index (χ1) is 4.63. The molecule has 0 spiro atoms. The van der Waals surface area contributed by atoms with Gasteiger partial charge < -0.3 is 9.63 Å². The number of rotatable bonds is 1. The molecule has 0 saturated heterocycles. The second kappa shape index (κ2) is 2.30. The summed E-state index contributed by atoms with van der Waals surface area (Å²) in [4.78, 5) is 10.8. The van der Waals surface area contributed by atoms with Gasteiger partial charge in [0.15, 0.2) is 0 Å². The second-order valence-electron chi connectivity index (χ2n) is 2.18. The molecule has 10 heavy (non-hydrogen) atoms. The molecule has 0 amide bonds. The van der Waals surface area contributed by atoms with Crippen molar-refractivity contribution in [3.8, 4) is 0 Å². The van der Waals surface area contributed by atoms with Crippen molar-refractivity contribution in [2.45, 2.75) is 20.0 Å². The normalized spacial score (nSPS) is 13.5. The highest BCUT2D eigenvalue weighted by molar-refractivity contribution is 5.13. The summed E-state index contributed by atoms with van der Waals surface area (Å²) in [5, 5.41) is 11.1. The lowest BCUT2D eigenvalue weighted by molar-refractivity contribution is 0.196. The van der Waals surface area contributed by atoms with Crippen molar-refractivity contribution >= 4 is 0 Å². The predicted octanol–water partition coefficient (Wildman–Crippen LogP) is 0.330. The van der Waals surface area contributed by atoms with Crippen molar-refractivity contribution in [1.29, 1.82) is 0 Å². The molecular weight excluding hydrogens is 134 g/mol. The zero-order valence-corrected chi connectivity index (χ0v) is 5.84. The van der Waals surface area contributed by atoms with Gasteiger partial charge in [-0.2, -0.15) is 5.16 Å². The van der Waals surface area contributed by atoms with Gasteiger partial charge in [-0.05, 0) is 13.8 Å². The van der Waals surface area contributed by atoms with Crippen LogP contribution in [0.1, 0.15) is 24.4 Å². The van der Waals surface area contributed by atoms with E-state index in [1.54, 1.807) is 6.92 Å². The van der Waals surface area contributed by atoms with Crippen LogP contribution in [0.5, 0.6) is 0 Å². The van der Waals surface area contributed by atoms with Crippen LogP contribution in [0.4, 0.5) is 0 Å². The highest BCUT2D eigenvalue weighted by Crippen LogP contribution is 2.10. The molecule has 1 aromatic rings. The standard InChI is InChI=1S/C6H9NO3/c1-3(8)5-4(2)10-7-6(5)9/h3,8H,1-2H3,(H,7,9)/t3-/m1/s1. The van der Waals surface area contributed by atoms with Crippen LogP contribution in [-0.2, 0) is 0 Å². The Hall–Kier alpha value is -1.03. The third kappa shape index (κ3) is 0.974. The third-order valence-corrected chi connectivity index (χ3v) is 1.34. The Morgan fingerprint density at radius 2 is 2.30 bits per heavy atom. The van der Waals surface area contributed by atoms with Crippen LogP contribution < -0.4 is 5.56 Å². The first-order valence-electron chi connectivity index (χ1n) is 2.99. The molecule has 2 N–H and O–H groups in total. The average molecular weight is 143 g/mol. The molecule has 1 aromatic heterocycles. The molecule has 56 valence electrons. The van der Waals surface area contributed by atoms with Gasteiger partial charge >= 0.3 is 0 Å². The average Bonchev–Trinajstić information content (AvgIpc) is 2.11. The molecule has 1 heterocycles. The fraction of sp³-hybridized carbons (Fsp3) is 0.500. The Bertz CT molecular complexity index is 271. The molecule has 0 bridgehead atoms. The molecule has 0 fully saturated rings. The molecule has 0 aliphatic rings. The van der Waals surface area contributed by atoms with E-state index < -0.39 is 6.10 Å². The van der Waals surface area contributed by atoms with Gasteiger partial charge in [-0.3, -0.25) is 4.79 Å². The number of nitrogens with one attached hydrogen (secondary N) is 1. The molecule has 0 aliphatic carbocycles. The van der Waals surface area contributed by atoms with Crippen molar-refractivity contribution in [3.05, 3.63) is 21.7 Å². The van der Waals surface area contributed by atoms with E-state index in [1.807, 2.05) is 0 Å². The summed E-state index contributed by atoms with van der Waals surface area (Å²) in [6.45, 7) is 3.15. The van der Waals surface area contributed by atoms with Crippen molar-refractivity contribution in [2.24, 2.45) is 0 Å². The number of aliphatic hydroxyl groups excluding tert-OH is 1. The maximum Gasteiger partial charge on any atom is 0.285 e. The van der Waals surface area contributed by atoms with E-state index in [0.717, 1.165) is 0 Å². The molecular formula is C6H9NO3. The molecule has 0 radical (unpaired) electrons. The van der Waals surface area contributed by atoms with Gasteiger partial charge in [0.2, 0.25) is 0 Å². The largest absolute Gasteiger partial charge is 0.388 e. The molecule has 0 saturated carbocycles. The Labute approximate surface area is 57.4 Å². The van der Waals surface area contributed by atoms with E-state index in [4.69, 9.17) is 5.11 Å². The molecule has 4 heteroatoms. The van der Waals surface area contributed by atoms with Crippen LogP contribution in [0.2, 0.25) is 0 Å². The number of H-pyrrole nitrogens is 1. The maximum atomic E-state index is 10.8. The van der Waals surface area contributed by atoms with E-state index >= 15 is 0 Å². The van der Waals surface area contributed by atoms with Crippen LogP contribution in [-0.4, -0.2) is 10.3 Å². The number of aryl methyl sites for hydroxylation is 1. The second-order valence-corrected chi connectivity index (χ2v) is 2.18. The number of hydrogen-bond acceptors (Lipinski definition) is 3. The van der Waals surface area contributed by atoms with Crippen LogP contribution >= 0.6 is 0 Å². The van der Waals surface area contributed by atoms with Gasteiger partial charge in [0, 0.05) is 0 Å². The minimum absolute atomic E-state index is 0.306. The molecule has 1 atom stereocenters. The van der Waals surface area contributed by atoms with Crippen molar-refractivity contribution in [1.82, 2.24) is 5.16 Å². The highest BCUT2D eigenvalue weighted by Gasteiger charge is 2.12. The summed E-state index contributed by atoms with van der Waals surface area (Å²) < 4.78 is 4.66. The Balaban J connectivity index is 3.23. The van der Waals surface area contributed by atoms with E-state index in [0.29, 0.717) is 11.3 Å². The molecule has 4 nitrogen and oxygen atoms in total. The fourth-order valence-corrected chi connectivity index (χ4v) is 0.877. The summed E-state index contributed by atoms with van der Waals surface area (Å²) in [5.74, 6) is 0.444. The SMILES string of the molecule is Cc1o[nH]c(=O)c1[C@@H](C)O. The third-order valence-electron chi connectivity index (χ3n) is 1.34. The quantitative estimate of drug-likeness (QED) is 0.595. The van der Waals surface area contributed by atoms with Crippen molar-refractivity contribution < 1.29 is 9.63 Å². The first kappa shape index (κ1) is 7.08. The van der Waals surface area contributed by atoms with E-state index in [-0.39, 0.29) is 5.56 Å². The molecule has 0 aliphatic heterocycles. The molecule has 0 aromatic carbocycles. The van der Waals surface area contributed by atoms with Gasteiger partial charge in [-0.15, -0.1) is 0 Å². The topological polar surface area (TPSA) is 66.2 Å². The van der Waals surface area contributed by atoms with E-state index in [1.165, 1.54) is 6.92 Å². The minimum Gasteiger partial charge on any atom is -0.388 e. The smallest absolute Gasteiger partial charge is 0.285 e. The first-order valence-corrected chi connectivity index (χ1v) is 2.99. The van der Waals surface area contributed by atoms with Crippen molar-refractivity contribution in [2.75, 3.05) is 0 Å². The number of aliphatic hydroxyl groups is 1. The van der Waals surface area contributed by atoms with Gasteiger partial charge in [-0.1, -0.05) is 0 Å². The lowest BCUT2D eigenvalue weighted by atomic mass is 10.2. The van der Waals surface area contributed by atoms with Crippen LogP contribution in [0.3, 0.4) is 0 Å². The van der Waals surface area contributed by atoms with Crippen molar-refractivity contribution in [3.63, 3.8) is 0 Å². The van der Waals surface area contributed by atoms with Gasteiger partial charge in [0.25, 0.3) is 5.56 Å². The highest BCUT2D eigenvalue weighted by atomic mass is 16.5. The Morgan fingerprint density at radius 1 is 1.70 bits per heavy atom. The van der Waals surface area contributed by atoms with Crippen LogP contribution in [0, 0.1) is 6.92 Å². The summed E-state index contributed by atoms with van der Waals surface area (Å²) in [6, 6.07) is 0. The summed E-state index contributed by atoms with van der Waals surface area (Å²) >= 11 is 0. The molecule has 1 rings (SSSR count). The zero-order chi connectivity index (χ0) is 7.72. The number of hydrogen-bond donors (Lipinski definition) is 2. The Kier molecular flexibility index (Phi) is 1.63. The van der Waals surface area contributed by atoms with Crippen LogP contribution in [0.25, 0.3) is 0 Å². The lowest BCUT2D eigenvalue weighted by Gasteiger charge is -1.96. The number of aromatic nitrogens is 1. The fourth-order valence-electron chi connectivity index (χ4n) is 0.877. The van der Waals surface area contributed by atoms with Gasteiger partial charge in [0.05, 0.1) is 11.7 Å².